The van der Waals surface area contributed by atoms with Crippen molar-refractivity contribution in [1.82, 2.24) is 5.32 Å². The third-order valence-electron chi connectivity index (χ3n) is 4.46. The van der Waals surface area contributed by atoms with E-state index in [0.29, 0.717) is 5.56 Å². The Kier molecular flexibility index (Phi) is 6.98. The van der Waals surface area contributed by atoms with Gasteiger partial charge in [0.25, 0.3) is 0 Å². The molecular formula is C21H24BrNO3. The Balaban J connectivity index is 1.90. The number of methoxy groups -OCH3 is 1. The average Bonchev–Trinajstić information content (AvgIpc) is 2.61. The van der Waals surface area contributed by atoms with Crippen molar-refractivity contribution < 1.29 is 14.3 Å². The number of amides is 1. The summed E-state index contributed by atoms with van der Waals surface area (Å²) in [6.45, 7) is 5.90. The van der Waals surface area contributed by atoms with Gasteiger partial charge in [-0.25, -0.2) is 0 Å². The molecule has 0 spiro atoms. The molecule has 2 aromatic carbocycles. The van der Waals surface area contributed by atoms with Gasteiger partial charge in [0.05, 0.1) is 17.6 Å². The Bertz CT molecular complexity index is 817. The summed E-state index contributed by atoms with van der Waals surface area (Å²) in [6, 6.07) is 11.2. The Morgan fingerprint density at radius 1 is 1.08 bits per heavy atom. The van der Waals surface area contributed by atoms with Crippen LogP contribution in [0, 0.1) is 13.8 Å². The number of benzene rings is 2. The van der Waals surface area contributed by atoms with Gasteiger partial charge < -0.3 is 10.1 Å². The molecule has 0 fully saturated rings. The monoisotopic (exact) mass is 417 g/mol. The number of aryl methyl sites for hydroxylation is 2. The lowest BCUT2D eigenvalue weighted by molar-refractivity contribution is -0.121. The number of nitrogens with one attached hydrogen (secondary N) is 1. The summed E-state index contributed by atoms with van der Waals surface area (Å²) >= 11 is 3.45. The standard InChI is InChI=1S/C21H24BrNO3/c1-13-5-6-17(11-14(13)2)19(24)8-10-21(25)23-15(3)16-7-9-20(26-4)18(22)12-16/h5-7,9,11-12,15H,8,10H2,1-4H3,(H,23,25)/t15-/m1/s1. The van der Waals surface area contributed by atoms with Gasteiger partial charge in [-0.05, 0) is 71.6 Å². The maximum Gasteiger partial charge on any atom is 0.220 e. The van der Waals surface area contributed by atoms with Crippen LogP contribution in [0.5, 0.6) is 5.75 Å². The first-order valence-corrected chi connectivity index (χ1v) is 9.34. The highest BCUT2D eigenvalue weighted by atomic mass is 79.9. The molecule has 0 aliphatic rings. The van der Waals surface area contributed by atoms with Crippen molar-refractivity contribution in [1.29, 1.82) is 0 Å². The summed E-state index contributed by atoms with van der Waals surface area (Å²) < 4.78 is 6.05. The van der Waals surface area contributed by atoms with Gasteiger partial charge in [0.2, 0.25) is 5.91 Å². The second-order valence-corrected chi connectivity index (χ2v) is 7.26. The van der Waals surface area contributed by atoms with Crippen LogP contribution in [0.3, 0.4) is 0 Å². The largest absolute Gasteiger partial charge is 0.496 e. The highest BCUT2D eigenvalue weighted by Crippen LogP contribution is 2.28. The zero-order valence-corrected chi connectivity index (χ0v) is 17.1. The highest BCUT2D eigenvalue weighted by molar-refractivity contribution is 9.10. The summed E-state index contributed by atoms with van der Waals surface area (Å²) in [6.07, 6.45) is 0.376. The highest BCUT2D eigenvalue weighted by Gasteiger charge is 2.14. The third kappa shape index (κ3) is 5.18. The number of rotatable bonds is 7. The minimum Gasteiger partial charge on any atom is -0.496 e. The number of halogens is 1. The molecule has 0 aliphatic heterocycles. The van der Waals surface area contributed by atoms with Crippen molar-refractivity contribution in [2.45, 2.75) is 39.7 Å². The minimum atomic E-state index is -0.151. The van der Waals surface area contributed by atoms with Gasteiger partial charge in [-0.2, -0.15) is 0 Å². The summed E-state index contributed by atoms with van der Waals surface area (Å²) in [5.41, 5.74) is 3.86. The summed E-state index contributed by atoms with van der Waals surface area (Å²) in [4.78, 5) is 24.5. The lowest BCUT2D eigenvalue weighted by atomic mass is 10.0. The fourth-order valence-corrected chi connectivity index (χ4v) is 3.19. The van der Waals surface area contributed by atoms with Crippen LogP contribution in [-0.4, -0.2) is 18.8 Å². The predicted octanol–water partition coefficient (Wildman–Crippen LogP) is 4.91. The number of carbonyl (C=O) groups is 2. The molecule has 0 saturated heterocycles. The van der Waals surface area contributed by atoms with E-state index in [0.717, 1.165) is 26.9 Å². The molecule has 138 valence electrons. The quantitative estimate of drug-likeness (QED) is 0.650. The lowest BCUT2D eigenvalue weighted by Gasteiger charge is -2.15. The van der Waals surface area contributed by atoms with Crippen molar-refractivity contribution in [2.75, 3.05) is 7.11 Å². The van der Waals surface area contributed by atoms with Crippen LogP contribution in [-0.2, 0) is 4.79 Å². The van der Waals surface area contributed by atoms with Gasteiger partial charge in [0.15, 0.2) is 5.78 Å². The molecule has 0 aromatic heterocycles. The van der Waals surface area contributed by atoms with Crippen molar-refractivity contribution in [3.05, 3.63) is 63.1 Å². The zero-order valence-electron chi connectivity index (χ0n) is 15.6. The molecule has 0 bridgehead atoms. The van der Waals surface area contributed by atoms with Crippen molar-refractivity contribution in [2.24, 2.45) is 0 Å². The van der Waals surface area contributed by atoms with Gasteiger partial charge in [0.1, 0.15) is 5.75 Å². The van der Waals surface area contributed by atoms with E-state index in [1.165, 1.54) is 0 Å². The molecule has 0 heterocycles. The number of hydrogen-bond donors (Lipinski definition) is 1. The van der Waals surface area contributed by atoms with Gasteiger partial charge in [-0.15, -0.1) is 0 Å². The molecule has 1 amide bonds. The first kappa shape index (κ1) is 20.2. The van der Waals surface area contributed by atoms with E-state index < -0.39 is 0 Å². The molecule has 1 N–H and O–H groups in total. The van der Waals surface area contributed by atoms with E-state index in [2.05, 4.69) is 21.2 Å². The van der Waals surface area contributed by atoms with Gasteiger partial charge >= 0.3 is 0 Å². The third-order valence-corrected chi connectivity index (χ3v) is 5.08. The van der Waals surface area contributed by atoms with Crippen molar-refractivity contribution in [3.8, 4) is 5.75 Å². The van der Waals surface area contributed by atoms with E-state index >= 15 is 0 Å². The van der Waals surface area contributed by atoms with Gasteiger partial charge in [-0.3, -0.25) is 9.59 Å². The second kappa shape index (κ2) is 8.99. The molecule has 26 heavy (non-hydrogen) atoms. The number of ether oxygens (including phenoxy) is 1. The maximum atomic E-state index is 12.3. The van der Waals surface area contributed by atoms with Crippen LogP contribution in [0.2, 0.25) is 0 Å². The molecule has 0 aliphatic carbocycles. The normalized spacial score (nSPS) is 11.7. The minimum absolute atomic E-state index is 0.0110. The Labute approximate surface area is 163 Å². The Morgan fingerprint density at radius 2 is 1.81 bits per heavy atom. The smallest absolute Gasteiger partial charge is 0.220 e. The Hall–Kier alpha value is -2.14. The first-order valence-electron chi connectivity index (χ1n) is 8.55. The van der Waals surface area contributed by atoms with E-state index in [1.807, 2.05) is 57.2 Å². The molecule has 0 unspecified atom stereocenters. The summed E-state index contributed by atoms with van der Waals surface area (Å²) in [5.74, 6) is 0.594. The van der Waals surface area contributed by atoms with Crippen LogP contribution in [0.25, 0.3) is 0 Å². The summed E-state index contributed by atoms with van der Waals surface area (Å²) in [7, 11) is 1.61. The molecule has 0 radical (unpaired) electrons. The van der Waals surface area contributed by atoms with Gasteiger partial charge in [0, 0.05) is 18.4 Å². The number of hydrogen-bond acceptors (Lipinski definition) is 3. The molecule has 0 saturated carbocycles. The zero-order chi connectivity index (χ0) is 19.3. The average molecular weight is 418 g/mol. The SMILES string of the molecule is COc1ccc([C@@H](C)NC(=O)CCC(=O)c2ccc(C)c(C)c2)cc1Br. The number of Topliss-reactive ketones (excluding diaryl/α,β-unsaturated/α-hetero) is 1. The lowest BCUT2D eigenvalue weighted by Crippen LogP contribution is -2.27. The van der Waals surface area contributed by atoms with Crippen molar-refractivity contribution >= 4 is 27.6 Å². The van der Waals surface area contributed by atoms with E-state index in [9.17, 15) is 9.59 Å². The first-order chi connectivity index (χ1) is 12.3. The van der Waals surface area contributed by atoms with Crippen LogP contribution < -0.4 is 10.1 Å². The van der Waals surface area contributed by atoms with Crippen LogP contribution in [0.1, 0.15) is 52.9 Å². The van der Waals surface area contributed by atoms with Gasteiger partial charge in [-0.1, -0.05) is 18.2 Å². The number of ketones is 1. The van der Waals surface area contributed by atoms with E-state index in [-0.39, 0.29) is 30.6 Å². The van der Waals surface area contributed by atoms with Crippen LogP contribution in [0.4, 0.5) is 0 Å². The predicted molar refractivity (Wildman–Crippen MR) is 107 cm³/mol. The molecule has 4 nitrogen and oxygen atoms in total. The molecule has 1 atom stereocenters. The summed E-state index contributed by atoms with van der Waals surface area (Å²) in [5, 5.41) is 2.94. The molecular weight excluding hydrogens is 394 g/mol. The topological polar surface area (TPSA) is 55.4 Å². The molecule has 2 aromatic rings. The molecule has 5 heteroatoms. The van der Waals surface area contributed by atoms with E-state index in [4.69, 9.17) is 4.74 Å². The fraction of sp³-hybridized carbons (Fsp3) is 0.333. The van der Waals surface area contributed by atoms with Crippen LogP contribution in [0.15, 0.2) is 40.9 Å². The Morgan fingerprint density at radius 3 is 2.42 bits per heavy atom. The number of carbonyl (C=O) groups excluding carboxylic acids is 2. The van der Waals surface area contributed by atoms with Crippen molar-refractivity contribution in [3.63, 3.8) is 0 Å². The molecule has 2 rings (SSSR count). The fourth-order valence-electron chi connectivity index (χ4n) is 2.64. The maximum absolute atomic E-state index is 12.3. The van der Waals surface area contributed by atoms with E-state index in [1.54, 1.807) is 7.11 Å². The second-order valence-electron chi connectivity index (χ2n) is 6.41. The van der Waals surface area contributed by atoms with Crippen LogP contribution >= 0.6 is 15.9 Å².